The van der Waals surface area contributed by atoms with Crippen LogP contribution in [0.25, 0.3) is 17.4 Å². The molecule has 32 heavy (non-hydrogen) atoms. The zero-order valence-corrected chi connectivity index (χ0v) is 17.1. The van der Waals surface area contributed by atoms with Gasteiger partial charge in [-0.05, 0) is 31.2 Å². The highest BCUT2D eigenvalue weighted by Gasteiger charge is 2.35. The zero-order valence-electron chi connectivity index (χ0n) is 16.3. The molecule has 12 heteroatoms. The summed E-state index contributed by atoms with van der Waals surface area (Å²) in [4.78, 5) is 23.9. The number of hydrogen-bond acceptors (Lipinski definition) is 8. The highest BCUT2D eigenvalue weighted by molar-refractivity contribution is 7.15. The molecule has 0 atom stereocenters. The molecule has 0 spiro atoms. The number of hydrogen-bond donors (Lipinski definition) is 1. The molecule has 0 saturated carbocycles. The average molecular weight is 462 g/mol. The standard InChI is InChI=1S/C20H13F3N4O4S/c1-2-30-17(29)12-5-3-11(4-6-12)15-8-7-14(31-15)9-13(10-24)16(28)25-19-27-26-18(32-19)20(21,22)23/h3-9H,2H2,1H3,(H,25,27,28)/b13-9-. The SMILES string of the molecule is CCOC(=O)c1ccc(-c2ccc(/C=C(/C#N)C(=O)Nc3nnc(C(F)(F)F)s3)o2)cc1. The van der Waals surface area contributed by atoms with Crippen molar-refractivity contribution in [2.24, 2.45) is 0 Å². The van der Waals surface area contributed by atoms with Gasteiger partial charge in [-0.3, -0.25) is 10.1 Å². The third-order valence-corrected chi connectivity index (χ3v) is 4.73. The fourth-order valence-corrected chi connectivity index (χ4v) is 3.02. The van der Waals surface area contributed by atoms with Gasteiger partial charge in [0.2, 0.25) is 10.1 Å². The van der Waals surface area contributed by atoms with Crippen LogP contribution in [0.3, 0.4) is 0 Å². The Hall–Kier alpha value is -3.98. The van der Waals surface area contributed by atoms with Crippen molar-refractivity contribution in [1.29, 1.82) is 5.26 Å². The summed E-state index contributed by atoms with van der Waals surface area (Å²) in [7, 11) is 0. The summed E-state index contributed by atoms with van der Waals surface area (Å²) in [5.74, 6) is -0.851. The number of nitrogens with zero attached hydrogens (tertiary/aromatic N) is 3. The molecule has 3 rings (SSSR count). The number of anilines is 1. The van der Waals surface area contributed by atoms with Crippen molar-refractivity contribution >= 4 is 34.4 Å². The molecule has 0 fully saturated rings. The van der Waals surface area contributed by atoms with Crippen molar-refractivity contribution in [1.82, 2.24) is 10.2 Å². The Morgan fingerprint density at radius 1 is 1.22 bits per heavy atom. The van der Waals surface area contributed by atoms with Crippen LogP contribution in [-0.2, 0) is 15.7 Å². The second-order valence-electron chi connectivity index (χ2n) is 6.03. The van der Waals surface area contributed by atoms with E-state index in [1.54, 1.807) is 43.3 Å². The molecule has 1 aromatic carbocycles. The van der Waals surface area contributed by atoms with Gasteiger partial charge in [0.1, 0.15) is 23.2 Å². The van der Waals surface area contributed by atoms with Gasteiger partial charge in [-0.1, -0.05) is 23.5 Å². The molecule has 0 bridgehead atoms. The number of furan rings is 1. The van der Waals surface area contributed by atoms with E-state index in [4.69, 9.17) is 9.15 Å². The normalized spacial score (nSPS) is 11.7. The molecule has 3 aromatic rings. The lowest BCUT2D eigenvalue weighted by atomic mass is 10.1. The van der Waals surface area contributed by atoms with Gasteiger partial charge >= 0.3 is 12.1 Å². The third-order valence-electron chi connectivity index (χ3n) is 3.85. The molecule has 0 aliphatic rings. The highest BCUT2D eigenvalue weighted by atomic mass is 32.1. The lowest BCUT2D eigenvalue weighted by Gasteiger charge is -2.02. The number of halogens is 3. The van der Waals surface area contributed by atoms with Gasteiger partial charge in [-0.2, -0.15) is 18.4 Å². The molecule has 0 radical (unpaired) electrons. The Morgan fingerprint density at radius 2 is 1.94 bits per heavy atom. The van der Waals surface area contributed by atoms with Gasteiger partial charge in [0.25, 0.3) is 5.91 Å². The molecule has 0 aliphatic heterocycles. The molecule has 2 heterocycles. The van der Waals surface area contributed by atoms with Gasteiger partial charge in [-0.15, -0.1) is 10.2 Å². The van der Waals surface area contributed by atoms with Crippen LogP contribution in [0, 0.1) is 11.3 Å². The first-order chi connectivity index (χ1) is 15.2. The maximum atomic E-state index is 12.6. The summed E-state index contributed by atoms with van der Waals surface area (Å²) in [5, 5.41) is 15.9. The van der Waals surface area contributed by atoms with Crippen molar-refractivity contribution in [2.45, 2.75) is 13.1 Å². The van der Waals surface area contributed by atoms with Crippen molar-refractivity contribution in [3.05, 3.63) is 58.3 Å². The minimum atomic E-state index is -4.69. The first-order valence-electron chi connectivity index (χ1n) is 8.92. The summed E-state index contributed by atoms with van der Waals surface area (Å²) < 4.78 is 48.3. The van der Waals surface area contributed by atoms with Crippen LogP contribution in [0.4, 0.5) is 18.3 Å². The van der Waals surface area contributed by atoms with Crippen LogP contribution in [0.1, 0.15) is 28.0 Å². The van der Waals surface area contributed by atoms with E-state index in [1.165, 1.54) is 6.07 Å². The van der Waals surface area contributed by atoms with Crippen LogP contribution in [0.5, 0.6) is 0 Å². The van der Waals surface area contributed by atoms with Crippen LogP contribution >= 0.6 is 11.3 Å². The molecular weight excluding hydrogens is 449 g/mol. The smallest absolute Gasteiger partial charge is 0.445 e. The number of carbonyl (C=O) groups is 2. The molecule has 1 N–H and O–H groups in total. The van der Waals surface area contributed by atoms with E-state index >= 15 is 0 Å². The van der Waals surface area contributed by atoms with Crippen LogP contribution < -0.4 is 5.32 Å². The number of rotatable bonds is 6. The van der Waals surface area contributed by atoms with Gasteiger partial charge < -0.3 is 9.15 Å². The van der Waals surface area contributed by atoms with Gasteiger partial charge in [0, 0.05) is 11.6 Å². The molecule has 8 nitrogen and oxygen atoms in total. The minimum Gasteiger partial charge on any atom is -0.462 e. The second-order valence-corrected chi connectivity index (χ2v) is 7.01. The van der Waals surface area contributed by atoms with Crippen molar-refractivity contribution in [2.75, 3.05) is 11.9 Å². The van der Waals surface area contributed by atoms with Crippen LogP contribution in [0.15, 0.2) is 46.4 Å². The maximum absolute atomic E-state index is 12.6. The van der Waals surface area contributed by atoms with Crippen molar-refractivity contribution in [3.63, 3.8) is 0 Å². The minimum absolute atomic E-state index is 0.138. The monoisotopic (exact) mass is 462 g/mol. The third kappa shape index (κ3) is 5.38. The number of ether oxygens (including phenoxy) is 1. The van der Waals surface area contributed by atoms with Gasteiger partial charge in [0.15, 0.2) is 0 Å². The Kier molecular flexibility index (Phi) is 6.70. The fraction of sp³-hybridized carbons (Fsp3) is 0.150. The number of nitrogens with one attached hydrogen (secondary N) is 1. The van der Waals surface area contributed by atoms with E-state index in [0.29, 0.717) is 16.9 Å². The number of carbonyl (C=O) groups excluding carboxylic acids is 2. The number of esters is 1. The predicted octanol–water partition coefficient (Wildman–Crippen LogP) is 4.54. The van der Waals surface area contributed by atoms with Crippen molar-refractivity contribution in [3.8, 4) is 17.4 Å². The molecule has 0 aliphatic carbocycles. The van der Waals surface area contributed by atoms with Gasteiger partial charge in [-0.25, -0.2) is 4.79 Å². The summed E-state index contributed by atoms with van der Waals surface area (Å²) >= 11 is 0.138. The maximum Gasteiger partial charge on any atom is 0.445 e. The Balaban J connectivity index is 1.73. The quantitative estimate of drug-likeness (QED) is 0.325. The average Bonchev–Trinajstić information content (AvgIpc) is 3.42. The van der Waals surface area contributed by atoms with Crippen molar-refractivity contribution < 1.29 is 31.9 Å². The van der Waals surface area contributed by atoms with E-state index < -0.39 is 33.8 Å². The lowest BCUT2D eigenvalue weighted by molar-refractivity contribution is -0.138. The molecule has 164 valence electrons. The largest absolute Gasteiger partial charge is 0.462 e. The number of nitriles is 1. The fourth-order valence-electron chi connectivity index (χ4n) is 2.41. The summed E-state index contributed by atoms with van der Waals surface area (Å²) in [6, 6.07) is 11.2. The number of alkyl halides is 3. The Labute approximate surface area is 182 Å². The molecule has 0 saturated heterocycles. The summed E-state index contributed by atoms with van der Waals surface area (Å²) in [5.41, 5.74) is 0.595. The number of amides is 1. The second kappa shape index (κ2) is 9.44. The lowest BCUT2D eigenvalue weighted by Crippen LogP contribution is -2.13. The Bertz CT molecular complexity index is 1210. The number of aromatic nitrogens is 2. The van der Waals surface area contributed by atoms with E-state index in [9.17, 15) is 28.0 Å². The zero-order chi connectivity index (χ0) is 23.3. The summed E-state index contributed by atoms with van der Waals surface area (Å²) in [6.45, 7) is 1.96. The van der Waals surface area contributed by atoms with E-state index in [-0.39, 0.29) is 23.7 Å². The molecule has 2 aromatic heterocycles. The predicted molar refractivity (Wildman–Crippen MR) is 107 cm³/mol. The van der Waals surface area contributed by atoms with E-state index in [0.717, 1.165) is 6.08 Å². The number of benzene rings is 1. The van der Waals surface area contributed by atoms with Crippen LogP contribution in [0.2, 0.25) is 0 Å². The van der Waals surface area contributed by atoms with E-state index in [2.05, 4.69) is 15.5 Å². The van der Waals surface area contributed by atoms with E-state index in [1.807, 2.05) is 0 Å². The van der Waals surface area contributed by atoms with Gasteiger partial charge in [0.05, 0.1) is 12.2 Å². The van der Waals surface area contributed by atoms with Crippen LogP contribution in [-0.4, -0.2) is 28.7 Å². The molecular formula is C20H13F3N4O4S. The summed E-state index contributed by atoms with van der Waals surface area (Å²) in [6.07, 6.45) is -3.55. The molecule has 0 unspecified atom stereocenters. The first-order valence-corrected chi connectivity index (χ1v) is 9.74. The Morgan fingerprint density at radius 3 is 2.53 bits per heavy atom. The topological polar surface area (TPSA) is 118 Å². The first kappa shape index (κ1) is 22.7. The highest BCUT2D eigenvalue weighted by Crippen LogP contribution is 2.33. The molecule has 1 amide bonds.